The van der Waals surface area contributed by atoms with E-state index in [1.807, 2.05) is 11.6 Å². The van der Waals surface area contributed by atoms with E-state index in [0.717, 1.165) is 41.2 Å². The average molecular weight is 419 g/mol. The number of hydrazone groups is 1. The number of carbonyl (C=O) groups excluding carboxylic acids is 1. The van der Waals surface area contributed by atoms with Gasteiger partial charge in [-0.15, -0.1) is 0 Å². The van der Waals surface area contributed by atoms with Gasteiger partial charge in [-0.1, -0.05) is 29.8 Å². The maximum Gasteiger partial charge on any atom is 0.240 e. The molecule has 1 aromatic carbocycles. The Morgan fingerprint density at radius 2 is 1.71 bits per heavy atom. The average Bonchev–Trinajstić information content (AvgIpc) is 2.95. The molecule has 0 radical (unpaired) electrons. The van der Waals surface area contributed by atoms with Gasteiger partial charge in [0.2, 0.25) is 5.91 Å². The summed E-state index contributed by atoms with van der Waals surface area (Å²) in [6, 6.07) is 8.54. The van der Waals surface area contributed by atoms with Crippen molar-refractivity contribution in [3.05, 3.63) is 52.3 Å². The zero-order valence-corrected chi connectivity index (χ0v) is 19.0. The summed E-state index contributed by atoms with van der Waals surface area (Å²) in [5, 5.41) is 9.00. The molecular formula is C26H34N4O. The van der Waals surface area contributed by atoms with Crippen LogP contribution in [0.4, 0.5) is 0 Å². The molecule has 5 nitrogen and oxygen atoms in total. The smallest absolute Gasteiger partial charge is 0.240 e. The molecular weight excluding hydrogens is 384 g/mol. The maximum atomic E-state index is 12.7. The van der Waals surface area contributed by atoms with E-state index in [0.29, 0.717) is 6.42 Å². The van der Waals surface area contributed by atoms with Gasteiger partial charge in [-0.2, -0.15) is 10.2 Å². The Bertz CT molecular complexity index is 966. The minimum atomic E-state index is 0.0700. The van der Waals surface area contributed by atoms with E-state index in [9.17, 15) is 4.79 Å². The van der Waals surface area contributed by atoms with Gasteiger partial charge in [0.15, 0.2) is 0 Å². The predicted octanol–water partition coefficient (Wildman–Crippen LogP) is 4.91. The van der Waals surface area contributed by atoms with Crippen LogP contribution < -0.4 is 5.43 Å². The number of rotatable bonds is 6. The third-order valence-electron chi connectivity index (χ3n) is 7.97. The highest BCUT2D eigenvalue weighted by Crippen LogP contribution is 2.61. The van der Waals surface area contributed by atoms with Crippen LogP contribution in [-0.4, -0.2) is 21.9 Å². The first-order valence-corrected chi connectivity index (χ1v) is 11.8. The lowest BCUT2D eigenvalue weighted by molar-refractivity contribution is -0.129. The van der Waals surface area contributed by atoms with Gasteiger partial charge in [0, 0.05) is 17.7 Å². The highest BCUT2D eigenvalue weighted by Gasteiger charge is 2.51. The van der Waals surface area contributed by atoms with Crippen molar-refractivity contribution >= 4 is 12.1 Å². The topological polar surface area (TPSA) is 59.3 Å². The molecule has 31 heavy (non-hydrogen) atoms. The Hall–Kier alpha value is -2.43. The van der Waals surface area contributed by atoms with Gasteiger partial charge in [-0.3, -0.25) is 9.48 Å². The Balaban J connectivity index is 1.21. The van der Waals surface area contributed by atoms with E-state index >= 15 is 0 Å². The highest BCUT2D eigenvalue weighted by molar-refractivity contribution is 5.84. The summed E-state index contributed by atoms with van der Waals surface area (Å²) in [4.78, 5) is 12.7. The third-order valence-corrected chi connectivity index (χ3v) is 7.97. The molecule has 0 aliphatic heterocycles. The lowest BCUT2D eigenvalue weighted by Gasteiger charge is -2.56. The summed E-state index contributed by atoms with van der Waals surface area (Å²) < 4.78 is 2.01. The molecule has 4 bridgehead atoms. The monoisotopic (exact) mass is 418 g/mol. The van der Waals surface area contributed by atoms with Gasteiger partial charge in [0.1, 0.15) is 0 Å². The molecule has 4 aliphatic carbocycles. The van der Waals surface area contributed by atoms with Crippen molar-refractivity contribution in [3.63, 3.8) is 0 Å². The SMILES string of the molecule is Cc1ccc(Cn2nc(C)c(/C=N\NC(=O)CC34CC5CC(CC(C5)C3)C4)c2C)cc1. The van der Waals surface area contributed by atoms with Crippen LogP contribution in [0.5, 0.6) is 0 Å². The molecule has 4 fully saturated rings. The molecule has 4 saturated carbocycles. The molecule has 0 saturated heterocycles. The van der Waals surface area contributed by atoms with Crippen LogP contribution in [0.15, 0.2) is 29.4 Å². The first-order chi connectivity index (χ1) is 14.9. The highest BCUT2D eigenvalue weighted by atomic mass is 16.2. The van der Waals surface area contributed by atoms with E-state index < -0.39 is 0 Å². The number of benzene rings is 1. The van der Waals surface area contributed by atoms with Crippen LogP contribution in [0.1, 0.15) is 73.0 Å². The lowest BCUT2D eigenvalue weighted by atomic mass is 9.49. The second-order valence-corrected chi connectivity index (χ2v) is 10.6. The van der Waals surface area contributed by atoms with E-state index in [1.54, 1.807) is 6.21 Å². The fraction of sp³-hybridized carbons (Fsp3) is 0.577. The Morgan fingerprint density at radius 3 is 2.32 bits per heavy atom. The fourth-order valence-electron chi connectivity index (χ4n) is 6.97. The molecule has 0 spiro atoms. The van der Waals surface area contributed by atoms with Crippen molar-refractivity contribution in [1.29, 1.82) is 0 Å². The zero-order chi connectivity index (χ0) is 21.6. The molecule has 0 atom stereocenters. The second kappa shape index (κ2) is 7.92. The fourth-order valence-corrected chi connectivity index (χ4v) is 6.97. The van der Waals surface area contributed by atoms with E-state index in [1.165, 1.54) is 49.7 Å². The largest absolute Gasteiger partial charge is 0.273 e. The molecule has 4 aliphatic rings. The number of aryl methyl sites for hydroxylation is 2. The summed E-state index contributed by atoms with van der Waals surface area (Å²) in [6.07, 6.45) is 10.4. The number of nitrogens with one attached hydrogen (secondary N) is 1. The van der Waals surface area contributed by atoms with Crippen molar-refractivity contribution in [3.8, 4) is 0 Å². The molecule has 0 unspecified atom stereocenters. The second-order valence-electron chi connectivity index (χ2n) is 10.6. The van der Waals surface area contributed by atoms with Crippen LogP contribution in [0.3, 0.4) is 0 Å². The lowest BCUT2D eigenvalue weighted by Crippen LogP contribution is -2.47. The molecule has 2 aromatic rings. The number of hydrogen-bond donors (Lipinski definition) is 1. The summed E-state index contributed by atoms with van der Waals surface area (Å²) in [7, 11) is 0. The summed E-state index contributed by atoms with van der Waals surface area (Å²) in [5.74, 6) is 2.67. The van der Waals surface area contributed by atoms with E-state index in [2.05, 4.69) is 53.7 Å². The van der Waals surface area contributed by atoms with Gasteiger partial charge in [-0.05, 0) is 88.0 Å². The molecule has 1 N–H and O–H groups in total. The quantitative estimate of drug-likeness (QED) is 0.535. The zero-order valence-electron chi connectivity index (χ0n) is 19.0. The molecule has 6 rings (SSSR count). The van der Waals surface area contributed by atoms with Crippen LogP contribution in [0.2, 0.25) is 0 Å². The number of hydrogen-bond acceptors (Lipinski definition) is 3. The molecule has 1 aromatic heterocycles. The Kier molecular flexibility index (Phi) is 5.23. The Labute approximate surface area is 185 Å². The van der Waals surface area contributed by atoms with Gasteiger partial charge in [0.05, 0.1) is 18.5 Å². The standard InChI is InChI=1S/C26H34N4O/c1-17-4-6-20(7-5-17)16-30-19(3)24(18(2)29-30)15-27-28-25(31)14-26-11-21-8-22(12-26)10-23(9-21)13-26/h4-7,15,21-23H,8-14,16H2,1-3H3,(H,28,31)/b27-15-. The minimum Gasteiger partial charge on any atom is -0.273 e. The maximum absolute atomic E-state index is 12.7. The van der Waals surface area contributed by atoms with E-state index in [4.69, 9.17) is 0 Å². The first kappa shape index (κ1) is 20.5. The molecule has 1 heterocycles. The normalized spacial score (nSPS) is 29.1. The predicted molar refractivity (Wildman–Crippen MR) is 123 cm³/mol. The van der Waals surface area contributed by atoms with Crippen LogP contribution in [-0.2, 0) is 11.3 Å². The Morgan fingerprint density at radius 1 is 1.10 bits per heavy atom. The number of carbonyl (C=O) groups is 1. The van der Waals surface area contributed by atoms with Crippen LogP contribution >= 0.6 is 0 Å². The number of aromatic nitrogens is 2. The summed E-state index contributed by atoms with van der Waals surface area (Å²) in [5.41, 5.74) is 8.54. The van der Waals surface area contributed by atoms with Gasteiger partial charge in [-0.25, -0.2) is 5.43 Å². The van der Waals surface area contributed by atoms with Crippen molar-refractivity contribution in [2.45, 2.75) is 72.3 Å². The van der Waals surface area contributed by atoms with Crippen LogP contribution in [0, 0.1) is 43.9 Å². The van der Waals surface area contributed by atoms with E-state index in [-0.39, 0.29) is 11.3 Å². The number of nitrogens with zero attached hydrogens (tertiary/aromatic N) is 3. The number of amides is 1. The summed E-state index contributed by atoms with van der Waals surface area (Å²) in [6.45, 7) is 6.89. The first-order valence-electron chi connectivity index (χ1n) is 11.8. The van der Waals surface area contributed by atoms with Crippen molar-refractivity contribution in [1.82, 2.24) is 15.2 Å². The van der Waals surface area contributed by atoms with Gasteiger partial charge < -0.3 is 0 Å². The molecule has 1 amide bonds. The molecule has 5 heteroatoms. The van der Waals surface area contributed by atoms with Gasteiger partial charge >= 0.3 is 0 Å². The van der Waals surface area contributed by atoms with Crippen molar-refractivity contribution in [2.75, 3.05) is 0 Å². The van der Waals surface area contributed by atoms with Crippen molar-refractivity contribution < 1.29 is 4.79 Å². The van der Waals surface area contributed by atoms with Gasteiger partial charge in [0.25, 0.3) is 0 Å². The van der Waals surface area contributed by atoms with Crippen molar-refractivity contribution in [2.24, 2.45) is 28.3 Å². The molecule has 164 valence electrons. The minimum absolute atomic E-state index is 0.0700. The van der Waals surface area contributed by atoms with Crippen LogP contribution in [0.25, 0.3) is 0 Å². The third kappa shape index (κ3) is 4.19. The summed E-state index contributed by atoms with van der Waals surface area (Å²) >= 11 is 0.